The van der Waals surface area contributed by atoms with Crippen LogP contribution >= 0.6 is 0 Å². The lowest BCUT2D eigenvalue weighted by atomic mass is 10.2. The van der Waals surface area contributed by atoms with Crippen molar-refractivity contribution in [2.24, 2.45) is 0 Å². The van der Waals surface area contributed by atoms with Gasteiger partial charge in [-0.05, 0) is 12.1 Å². The molecule has 16 heavy (non-hydrogen) atoms. The van der Waals surface area contributed by atoms with Gasteiger partial charge in [0.15, 0.2) is 5.65 Å². The van der Waals surface area contributed by atoms with Crippen LogP contribution in [0.15, 0.2) is 42.9 Å². The highest BCUT2D eigenvalue weighted by Gasteiger charge is 2.08. The Morgan fingerprint density at radius 2 is 2.00 bits per heavy atom. The van der Waals surface area contributed by atoms with E-state index in [1.165, 1.54) is 0 Å². The fourth-order valence-electron chi connectivity index (χ4n) is 2.10. The van der Waals surface area contributed by atoms with E-state index in [0.717, 1.165) is 22.2 Å². The molecule has 0 spiro atoms. The molecule has 4 aromatic rings. The van der Waals surface area contributed by atoms with Crippen molar-refractivity contribution in [3.8, 4) is 0 Å². The molecule has 1 aromatic carbocycles. The lowest BCUT2D eigenvalue weighted by molar-refractivity contribution is 0.969. The molecular formula is C11H7N5. The van der Waals surface area contributed by atoms with Crippen molar-refractivity contribution in [1.82, 2.24) is 24.2 Å². The zero-order chi connectivity index (χ0) is 10.5. The Morgan fingerprint density at radius 1 is 1.06 bits per heavy atom. The van der Waals surface area contributed by atoms with E-state index < -0.39 is 0 Å². The second kappa shape index (κ2) is 2.57. The number of hydrogen-bond acceptors (Lipinski definition) is 3. The summed E-state index contributed by atoms with van der Waals surface area (Å²) in [6.45, 7) is 0. The fourth-order valence-corrected chi connectivity index (χ4v) is 2.10. The van der Waals surface area contributed by atoms with Gasteiger partial charge in [-0.15, -0.1) is 10.2 Å². The van der Waals surface area contributed by atoms with Gasteiger partial charge in [0.1, 0.15) is 12.0 Å². The summed E-state index contributed by atoms with van der Waals surface area (Å²) >= 11 is 0. The molecule has 0 N–H and O–H groups in total. The Labute approximate surface area is 89.9 Å². The van der Waals surface area contributed by atoms with Gasteiger partial charge in [-0.25, -0.2) is 4.52 Å². The SMILES string of the molecule is c1ccc2c(c1)c1nncn1c1ccnn21. The van der Waals surface area contributed by atoms with Gasteiger partial charge < -0.3 is 0 Å². The van der Waals surface area contributed by atoms with Crippen LogP contribution in [0.5, 0.6) is 0 Å². The predicted molar refractivity (Wildman–Crippen MR) is 59.2 cm³/mol. The van der Waals surface area contributed by atoms with E-state index in [0.29, 0.717) is 0 Å². The van der Waals surface area contributed by atoms with Crippen LogP contribution < -0.4 is 0 Å². The summed E-state index contributed by atoms with van der Waals surface area (Å²) in [7, 11) is 0. The monoisotopic (exact) mass is 209 g/mol. The quantitative estimate of drug-likeness (QED) is 0.441. The lowest BCUT2D eigenvalue weighted by Gasteiger charge is -2.03. The number of nitrogens with zero attached hydrogens (tertiary/aromatic N) is 5. The van der Waals surface area contributed by atoms with Gasteiger partial charge in [-0.2, -0.15) is 5.10 Å². The van der Waals surface area contributed by atoms with Crippen molar-refractivity contribution >= 4 is 22.2 Å². The van der Waals surface area contributed by atoms with Crippen molar-refractivity contribution < 1.29 is 0 Å². The van der Waals surface area contributed by atoms with E-state index in [-0.39, 0.29) is 0 Å². The number of benzene rings is 1. The van der Waals surface area contributed by atoms with Crippen LogP contribution in [0.25, 0.3) is 22.2 Å². The third-order valence-electron chi connectivity index (χ3n) is 2.79. The first-order valence-corrected chi connectivity index (χ1v) is 4.99. The summed E-state index contributed by atoms with van der Waals surface area (Å²) in [5.41, 5.74) is 2.88. The fraction of sp³-hybridized carbons (Fsp3) is 0. The summed E-state index contributed by atoms with van der Waals surface area (Å²) < 4.78 is 3.83. The second-order valence-electron chi connectivity index (χ2n) is 3.64. The summed E-state index contributed by atoms with van der Waals surface area (Å²) in [6.07, 6.45) is 3.49. The van der Waals surface area contributed by atoms with Crippen LogP contribution in [-0.4, -0.2) is 24.2 Å². The topological polar surface area (TPSA) is 47.5 Å². The number of fused-ring (bicyclic) bond motifs is 6. The Morgan fingerprint density at radius 3 is 3.00 bits per heavy atom. The summed E-state index contributed by atoms with van der Waals surface area (Å²) in [5, 5.41) is 13.5. The van der Waals surface area contributed by atoms with Gasteiger partial charge in [0.05, 0.1) is 11.7 Å². The first kappa shape index (κ1) is 7.81. The molecule has 5 nitrogen and oxygen atoms in total. The van der Waals surface area contributed by atoms with E-state index >= 15 is 0 Å². The van der Waals surface area contributed by atoms with Crippen molar-refractivity contribution in [2.45, 2.75) is 0 Å². The molecule has 5 heteroatoms. The van der Waals surface area contributed by atoms with E-state index in [1.54, 1.807) is 12.5 Å². The predicted octanol–water partition coefficient (Wildman–Crippen LogP) is 1.53. The second-order valence-corrected chi connectivity index (χ2v) is 3.64. The van der Waals surface area contributed by atoms with Crippen LogP contribution in [0.2, 0.25) is 0 Å². The average Bonchev–Trinajstić information content (AvgIpc) is 2.98. The number of rotatable bonds is 0. The lowest BCUT2D eigenvalue weighted by Crippen LogP contribution is -1.97. The molecule has 0 aliphatic heterocycles. The van der Waals surface area contributed by atoms with Gasteiger partial charge in [0, 0.05) is 11.5 Å². The molecule has 0 fully saturated rings. The molecule has 0 radical (unpaired) electrons. The minimum Gasteiger partial charge on any atom is -0.265 e. The van der Waals surface area contributed by atoms with Crippen molar-refractivity contribution in [3.63, 3.8) is 0 Å². The molecule has 4 rings (SSSR count). The van der Waals surface area contributed by atoms with Crippen LogP contribution in [0.1, 0.15) is 0 Å². The van der Waals surface area contributed by atoms with Gasteiger partial charge in [-0.3, -0.25) is 4.40 Å². The van der Waals surface area contributed by atoms with Gasteiger partial charge >= 0.3 is 0 Å². The van der Waals surface area contributed by atoms with Crippen LogP contribution in [0, 0.1) is 0 Å². The molecule has 0 aliphatic rings. The summed E-state index contributed by atoms with van der Waals surface area (Å²) in [5.74, 6) is 0. The highest BCUT2D eigenvalue weighted by atomic mass is 15.3. The average molecular weight is 209 g/mol. The Balaban J connectivity index is 2.51. The number of aromatic nitrogens is 5. The Kier molecular flexibility index (Phi) is 1.26. The maximum atomic E-state index is 4.32. The van der Waals surface area contributed by atoms with Crippen LogP contribution in [0.4, 0.5) is 0 Å². The van der Waals surface area contributed by atoms with Crippen LogP contribution in [0.3, 0.4) is 0 Å². The maximum absolute atomic E-state index is 4.32. The molecule has 3 heterocycles. The van der Waals surface area contributed by atoms with Crippen molar-refractivity contribution in [3.05, 3.63) is 42.9 Å². The highest BCUT2D eigenvalue weighted by Crippen LogP contribution is 2.20. The minimum atomic E-state index is 0.864. The zero-order valence-electron chi connectivity index (χ0n) is 8.28. The third kappa shape index (κ3) is 0.785. The maximum Gasteiger partial charge on any atom is 0.171 e. The third-order valence-corrected chi connectivity index (χ3v) is 2.79. The minimum absolute atomic E-state index is 0.864. The molecule has 0 atom stereocenters. The molecule has 0 aliphatic carbocycles. The summed E-state index contributed by atoms with van der Waals surface area (Å²) in [6, 6.07) is 10.00. The van der Waals surface area contributed by atoms with Gasteiger partial charge in [0.2, 0.25) is 0 Å². The van der Waals surface area contributed by atoms with Crippen molar-refractivity contribution in [1.29, 1.82) is 0 Å². The van der Waals surface area contributed by atoms with E-state index in [1.807, 2.05) is 39.2 Å². The molecule has 0 bridgehead atoms. The van der Waals surface area contributed by atoms with Crippen molar-refractivity contribution in [2.75, 3.05) is 0 Å². The van der Waals surface area contributed by atoms with E-state index in [4.69, 9.17) is 0 Å². The van der Waals surface area contributed by atoms with Gasteiger partial charge in [0.25, 0.3) is 0 Å². The van der Waals surface area contributed by atoms with Gasteiger partial charge in [-0.1, -0.05) is 12.1 Å². The molecule has 0 unspecified atom stereocenters. The van der Waals surface area contributed by atoms with E-state index in [9.17, 15) is 0 Å². The largest absolute Gasteiger partial charge is 0.265 e. The highest BCUT2D eigenvalue weighted by molar-refractivity contribution is 5.93. The first-order chi connectivity index (χ1) is 7.95. The summed E-state index contributed by atoms with van der Waals surface area (Å²) in [4.78, 5) is 0. The number of hydrogen-bond donors (Lipinski definition) is 0. The van der Waals surface area contributed by atoms with Crippen LogP contribution in [-0.2, 0) is 0 Å². The standard InChI is InChI=1S/C11H7N5/c1-2-4-9-8(3-1)11-14-12-7-15(11)10-5-6-13-16(9)10/h1-7H. The molecule has 76 valence electrons. The molecule has 0 saturated heterocycles. The Bertz CT molecular complexity index is 742. The molecule has 0 saturated carbocycles. The zero-order valence-corrected chi connectivity index (χ0v) is 8.28. The first-order valence-electron chi connectivity index (χ1n) is 4.99. The molecular weight excluding hydrogens is 202 g/mol. The van der Waals surface area contributed by atoms with E-state index in [2.05, 4.69) is 15.3 Å². The number of para-hydroxylation sites is 1. The normalized spacial score (nSPS) is 11.8. The molecule has 0 amide bonds. The molecule has 3 aromatic heterocycles. The smallest absolute Gasteiger partial charge is 0.171 e. The Hall–Kier alpha value is -2.43.